The minimum atomic E-state index is -0.472. The lowest BCUT2D eigenvalue weighted by molar-refractivity contribution is 0.0734. The van der Waals surface area contributed by atoms with Gasteiger partial charge in [-0.1, -0.05) is 11.6 Å². The Hall–Kier alpha value is -2.00. The number of phenols is 1. The summed E-state index contributed by atoms with van der Waals surface area (Å²) >= 11 is 5.74. The van der Waals surface area contributed by atoms with Gasteiger partial charge in [0.25, 0.3) is 0 Å². The molecule has 2 rings (SSSR count). The van der Waals surface area contributed by atoms with Gasteiger partial charge in [-0.3, -0.25) is 0 Å². The van der Waals surface area contributed by atoms with Gasteiger partial charge in [-0.25, -0.2) is 4.79 Å². The monoisotopic (exact) mass is 262 g/mol. The smallest absolute Gasteiger partial charge is 0.343 e. The van der Waals surface area contributed by atoms with Crippen molar-refractivity contribution in [3.8, 4) is 11.5 Å². The van der Waals surface area contributed by atoms with Crippen LogP contribution in [0.3, 0.4) is 0 Å². The summed E-state index contributed by atoms with van der Waals surface area (Å²) in [7, 11) is 0. The molecule has 0 radical (unpaired) electrons. The van der Waals surface area contributed by atoms with Gasteiger partial charge in [0, 0.05) is 5.02 Å². The summed E-state index contributed by atoms with van der Waals surface area (Å²) in [5.74, 6) is 0.105. The quantitative estimate of drug-likeness (QED) is 0.665. The summed E-state index contributed by atoms with van der Waals surface area (Å²) in [5.41, 5.74) is 1.01. The van der Waals surface area contributed by atoms with Crippen LogP contribution in [0.1, 0.15) is 15.9 Å². The Morgan fingerprint density at radius 1 is 1.17 bits per heavy atom. The average Bonchev–Trinajstić information content (AvgIpc) is 2.35. The Morgan fingerprint density at radius 2 is 1.83 bits per heavy atom. The van der Waals surface area contributed by atoms with Gasteiger partial charge in [-0.15, -0.1) is 0 Å². The van der Waals surface area contributed by atoms with Gasteiger partial charge in [-0.05, 0) is 55.0 Å². The summed E-state index contributed by atoms with van der Waals surface area (Å²) < 4.78 is 5.17. The third-order valence-electron chi connectivity index (χ3n) is 2.46. The summed E-state index contributed by atoms with van der Waals surface area (Å²) in [6.45, 7) is 1.72. The second kappa shape index (κ2) is 5.10. The lowest BCUT2D eigenvalue weighted by atomic mass is 10.1. The molecule has 0 heterocycles. The molecule has 0 spiro atoms. The highest BCUT2D eigenvalue weighted by Crippen LogP contribution is 2.20. The Bertz CT molecular complexity index is 576. The molecule has 2 aromatic rings. The molecular weight excluding hydrogens is 252 g/mol. The van der Waals surface area contributed by atoms with Gasteiger partial charge in [0.05, 0.1) is 5.56 Å². The number of ether oxygens (including phenoxy) is 1. The second-order valence-electron chi connectivity index (χ2n) is 3.84. The molecule has 0 atom stereocenters. The highest BCUT2D eigenvalue weighted by molar-refractivity contribution is 6.30. The molecule has 0 bridgehead atoms. The van der Waals surface area contributed by atoms with Crippen LogP contribution in [0.15, 0.2) is 42.5 Å². The second-order valence-corrected chi connectivity index (χ2v) is 4.28. The van der Waals surface area contributed by atoms with Gasteiger partial charge >= 0.3 is 5.97 Å². The third-order valence-corrected chi connectivity index (χ3v) is 2.71. The third kappa shape index (κ3) is 2.81. The first-order valence-corrected chi connectivity index (χ1v) is 5.71. The van der Waals surface area contributed by atoms with E-state index >= 15 is 0 Å². The molecule has 0 saturated carbocycles. The van der Waals surface area contributed by atoms with Gasteiger partial charge < -0.3 is 9.84 Å². The summed E-state index contributed by atoms with van der Waals surface area (Å²) in [4.78, 5) is 11.8. The maximum Gasteiger partial charge on any atom is 0.343 e. The van der Waals surface area contributed by atoms with Crippen LogP contribution < -0.4 is 4.74 Å². The summed E-state index contributed by atoms with van der Waals surface area (Å²) in [5, 5.41) is 9.96. The Morgan fingerprint density at radius 3 is 2.44 bits per heavy atom. The minimum absolute atomic E-state index is 0.151. The van der Waals surface area contributed by atoms with E-state index in [1.54, 1.807) is 37.3 Å². The van der Waals surface area contributed by atoms with Crippen LogP contribution in [-0.2, 0) is 0 Å². The number of aryl methyl sites for hydroxylation is 1. The number of carbonyl (C=O) groups excluding carboxylic acids is 1. The molecule has 92 valence electrons. The van der Waals surface area contributed by atoms with Gasteiger partial charge in [-0.2, -0.15) is 0 Å². The van der Waals surface area contributed by atoms with E-state index in [4.69, 9.17) is 16.3 Å². The number of esters is 1. The molecule has 0 aliphatic heterocycles. The van der Waals surface area contributed by atoms with Crippen LogP contribution in [0.2, 0.25) is 5.02 Å². The van der Waals surface area contributed by atoms with E-state index < -0.39 is 5.97 Å². The van der Waals surface area contributed by atoms with Crippen molar-refractivity contribution in [2.75, 3.05) is 0 Å². The predicted molar refractivity (Wildman–Crippen MR) is 69.3 cm³/mol. The number of rotatable bonds is 2. The van der Waals surface area contributed by atoms with Crippen molar-refractivity contribution in [2.45, 2.75) is 6.92 Å². The zero-order valence-electron chi connectivity index (χ0n) is 9.68. The molecular formula is C14H11ClO3. The molecule has 2 aromatic carbocycles. The molecule has 0 saturated heterocycles. The molecule has 0 unspecified atom stereocenters. The number of halogens is 1. The van der Waals surface area contributed by atoms with E-state index in [0.29, 0.717) is 21.9 Å². The molecule has 1 N–H and O–H groups in total. The first kappa shape index (κ1) is 12.5. The maximum absolute atomic E-state index is 11.8. The normalized spacial score (nSPS) is 10.1. The first-order valence-electron chi connectivity index (χ1n) is 5.33. The summed E-state index contributed by atoms with van der Waals surface area (Å²) in [6, 6.07) is 11.1. The fourth-order valence-electron chi connectivity index (χ4n) is 1.45. The number of hydrogen-bond donors (Lipinski definition) is 1. The molecule has 4 heteroatoms. The Kier molecular flexibility index (Phi) is 3.53. The van der Waals surface area contributed by atoms with Gasteiger partial charge in [0.1, 0.15) is 11.5 Å². The van der Waals surface area contributed by atoms with Crippen LogP contribution in [-0.4, -0.2) is 11.1 Å². The number of aromatic hydroxyl groups is 1. The topological polar surface area (TPSA) is 46.5 Å². The van der Waals surface area contributed by atoms with Crippen molar-refractivity contribution in [3.63, 3.8) is 0 Å². The van der Waals surface area contributed by atoms with Crippen LogP contribution in [0.4, 0.5) is 0 Å². The molecule has 0 aliphatic carbocycles. The molecule has 0 aromatic heterocycles. The van der Waals surface area contributed by atoms with Gasteiger partial charge in [0.15, 0.2) is 0 Å². The molecule has 0 fully saturated rings. The van der Waals surface area contributed by atoms with E-state index in [-0.39, 0.29) is 5.75 Å². The lowest BCUT2D eigenvalue weighted by Crippen LogP contribution is -2.08. The fourth-order valence-corrected chi connectivity index (χ4v) is 1.58. The molecule has 3 nitrogen and oxygen atoms in total. The van der Waals surface area contributed by atoms with Crippen LogP contribution in [0.25, 0.3) is 0 Å². The summed E-state index contributed by atoms with van der Waals surface area (Å²) in [6.07, 6.45) is 0. The number of benzene rings is 2. The van der Waals surface area contributed by atoms with Crippen molar-refractivity contribution in [1.29, 1.82) is 0 Å². The van der Waals surface area contributed by atoms with Crippen molar-refractivity contribution in [2.24, 2.45) is 0 Å². The highest BCUT2D eigenvalue weighted by atomic mass is 35.5. The number of carbonyl (C=O) groups is 1. The minimum Gasteiger partial charge on any atom is -0.508 e. The zero-order chi connectivity index (χ0) is 13.1. The SMILES string of the molecule is Cc1cc(C(=O)Oc2ccc(Cl)cc2)ccc1O. The van der Waals surface area contributed by atoms with E-state index in [1.807, 2.05) is 0 Å². The highest BCUT2D eigenvalue weighted by Gasteiger charge is 2.10. The number of phenolic OH excluding ortho intramolecular Hbond substituents is 1. The van der Waals surface area contributed by atoms with Crippen LogP contribution >= 0.6 is 11.6 Å². The van der Waals surface area contributed by atoms with Crippen molar-refractivity contribution in [3.05, 3.63) is 58.6 Å². The molecule has 0 amide bonds. The van der Waals surface area contributed by atoms with Crippen molar-refractivity contribution < 1.29 is 14.6 Å². The maximum atomic E-state index is 11.8. The molecule has 0 aliphatic rings. The standard InChI is InChI=1S/C14H11ClO3/c1-9-8-10(2-7-13(9)16)14(17)18-12-5-3-11(15)4-6-12/h2-8,16H,1H3. The molecule has 18 heavy (non-hydrogen) atoms. The number of hydrogen-bond acceptors (Lipinski definition) is 3. The van der Waals surface area contributed by atoms with E-state index in [1.165, 1.54) is 12.1 Å². The van der Waals surface area contributed by atoms with Crippen molar-refractivity contribution >= 4 is 17.6 Å². The predicted octanol–water partition coefficient (Wildman–Crippen LogP) is 3.57. The van der Waals surface area contributed by atoms with E-state index in [9.17, 15) is 9.90 Å². The largest absolute Gasteiger partial charge is 0.508 e. The van der Waals surface area contributed by atoms with Crippen LogP contribution in [0.5, 0.6) is 11.5 Å². The fraction of sp³-hybridized carbons (Fsp3) is 0.0714. The van der Waals surface area contributed by atoms with Crippen LogP contribution in [0, 0.1) is 6.92 Å². The lowest BCUT2D eigenvalue weighted by Gasteiger charge is -2.05. The average molecular weight is 263 g/mol. The Labute approximate surface area is 110 Å². The Balaban J connectivity index is 2.16. The van der Waals surface area contributed by atoms with Crippen molar-refractivity contribution in [1.82, 2.24) is 0 Å². The zero-order valence-corrected chi connectivity index (χ0v) is 10.4. The first-order chi connectivity index (χ1) is 8.56. The van der Waals surface area contributed by atoms with E-state index in [2.05, 4.69) is 0 Å². The van der Waals surface area contributed by atoms with E-state index in [0.717, 1.165) is 0 Å². The van der Waals surface area contributed by atoms with Gasteiger partial charge in [0.2, 0.25) is 0 Å².